The molecule has 1 saturated heterocycles. The topological polar surface area (TPSA) is 70.6 Å². The molecule has 5 nitrogen and oxygen atoms in total. The summed E-state index contributed by atoms with van der Waals surface area (Å²) in [6.07, 6.45) is -0.279. The lowest BCUT2D eigenvalue weighted by Crippen LogP contribution is -2.36. The fraction of sp³-hybridized carbons (Fsp3) is 0.533. The average Bonchev–Trinajstić information content (AvgIpc) is 2.75. The van der Waals surface area contributed by atoms with Crippen molar-refractivity contribution in [3.05, 3.63) is 34.6 Å². The molecule has 0 aromatic heterocycles. The fourth-order valence-corrected chi connectivity index (χ4v) is 2.60. The van der Waals surface area contributed by atoms with Crippen molar-refractivity contribution < 1.29 is 19.0 Å². The average molecular weight is 331 g/mol. The Bertz CT molecular complexity index is 516. The first kappa shape index (κ1) is 17.3. The molecule has 7 heteroatoms. The number of ketones is 1. The molecule has 0 spiro atoms. The minimum Gasteiger partial charge on any atom is -0.389 e. The van der Waals surface area contributed by atoms with Gasteiger partial charge in [-0.05, 0) is 17.7 Å². The molecular weight excluding hydrogens is 311 g/mol. The summed E-state index contributed by atoms with van der Waals surface area (Å²) in [5, 5.41) is 15.1. The van der Waals surface area contributed by atoms with Crippen LogP contribution in [0.4, 0.5) is 4.39 Å². The van der Waals surface area contributed by atoms with E-state index in [2.05, 4.69) is 10.6 Å². The maximum Gasteiger partial charge on any atom is 0.171 e. The smallest absolute Gasteiger partial charge is 0.171 e. The molecule has 1 fully saturated rings. The minimum atomic E-state index is -0.474. The molecular formula is C15H20ClFN2O3. The summed E-state index contributed by atoms with van der Waals surface area (Å²) < 4.78 is 19.5. The molecule has 1 aliphatic rings. The molecule has 0 bridgehead atoms. The van der Waals surface area contributed by atoms with Gasteiger partial charge >= 0.3 is 0 Å². The first-order valence-corrected chi connectivity index (χ1v) is 7.60. The largest absolute Gasteiger partial charge is 0.389 e. The fourth-order valence-electron chi connectivity index (χ4n) is 2.48. The highest BCUT2D eigenvalue weighted by atomic mass is 35.5. The predicted octanol–water partition coefficient (Wildman–Crippen LogP) is 0.907. The van der Waals surface area contributed by atoms with E-state index in [0.717, 1.165) is 12.1 Å². The van der Waals surface area contributed by atoms with Crippen LogP contribution in [-0.2, 0) is 9.53 Å². The van der Waals surface area contributed by atoms with E-state index in [0.29, 0.717) is 19.7 Å². The van der Waals surface area contributed by atoms with Gasteiger partial charge in [0, 0.05) is 25.6 Å². The van der Waals surface area contributed by atoms with E-state index in [1.807, 2.05) is 0 Å². The molecule has 0 saturated carbocycles. The molecule has 0 aliphatic carbocycles. The number of hydrogen-bond acceptors (Lipinski definition) is 5. The molecule has 1 aromatic rings. The van der Waals surface area contributed by atoms with Crippen LogP contribution in [0.3, 0.4) is 0 Å². The second-order valence-corrected chi connectivity index (χ2v) is 5.66. The normalized spacial score (nSPS) is 22.3. The van der Waals surface area contributed by atoms with E-state index in [1.54, 1.807) is 6.07 Å². The predicted molar refractivity (Wildman–Crippen MR) is 81.4 cm³/mol. The van der Waals surface area contributed by atoms with Crippen molar-refractivity contribution in [3.8, 4) is 0 Å². The first-order valence-electron chi connectivity index (χ1n) is 7.22. The standard InChI is InChI=1S/C15H20ClFN2O3/c16-13-2-1-10(5-14(13)17)15-11(6-18-3-4-22-15)7-19-8-12(21)9-20/h1-2,5,11,15,18-20H,3-4,6-9H2. The number of hydrogen-bond donors (Lipinski definition) is 3. The van der Waals surface area contributed by atoms with Gasteiger partial charge in [-0.2, -0.15) is 0 Å². The third-order valence-corrected chi connectivity index (χ3v) is 3.89. The number of aliphatic hydroxyl groups is 1. The van der Waals surface area contributed by atoms with Crippen LogP contribution in [0.1, 0.15) is 11.7 Å². The number of Topliss-reactive ketones (excluding diaryl/α,β-unsaturated/α-hetero) is 1. The van der Waals surface area contributed by atoms with Crippen molar-refractivity contribution in [2.24, 2.45) is 5.92 Å². The summed E-state index contributed by atoms with van der Waals surface area (Å²) in [6, 6.07) is 4.67. The Labute approximate surface area is 133 Å². The van der Waals surface area contributed by atoms with Crippen LogP contribution in [0.15, 0.2) is 18.2 Å². The van der Waals surface area contributed by atoms with Gasteiger partial charge in [-0.3, -0.25) is 4.79 Å². The Balaban J connectivity index is 2.06. The van der Waals surface area contributed by atoms with Crippen molar-refractivity contribution >= 4 is 17.4 Å². The van der Waals surface area contributed by atoms with Crippen LogP contribution >= 0.6 is 11.6 Å². The summed E-state index contributed by atoms with van der Waals surface area (Å²) >= 11 is 5.72. The van der Waals surface area contributed by atoms with Crippen molar-refractivity contribution in [3.63, 3.8) is 0 Å². The lowest BCUT2D eigenvalue weighted by Gasteiger charge is -2.25. The molecule has 122 valence electrons. The van der Waals surface area contributed by atoms with Gasteiger partial charge in [0.15, 0.2) is 5.78 Å². The molecule has 1 aliphatic heterocycles. The van der Waals surface area contributed by atoms with Gasteiger partial charge in [0.2, 0.25) is 0 Å². The van der Waals surface area contributed by atoms with E-state index >= 15 is 0 Å². The van der Waals surface area contributed by atoms with Crippen molar-refractivity contribution in [2.45, 2.75) is 6.10 Å². The monoisotopic (exact) mass is 330 g/mol. The molecule has 1 aromatic carbocycles. The zero-order valence-corrected chi connectivity index (χ0v) is 12.9. The van der Waals surface area contributed by atoms with Crippen LogP contribution in [0.25, 0.3) is 0 Å². The number of carbonyl (C=O) groups is 1. The first-order chi connectivity index (χ1) is 10.6. The third-order valence-electron chi connectivity index (χ3n) is 3.59. The lowest BCUT2D eigenvalue weighted by molar-refractivity contribution is -0.120. The zero-order valence-electron chi connectivity index (χ0n) is 12.1. The van der Waals surface area contributed by atoms with E-state index in [1.165, 1.54) is 12.1 Å². The van der Waals surface area contributed by atoms with Crippen LogP contribution in [0.2, 0.25) is 5.02 Å². The summed E-state index contributed by atoms with van der Waals surface area (Å²) in [5.74, 6) is -0.701. The van der Waals surface area contributed by atoms with Gasteiger partial charge < -0.3 is 20.5 Å². The number of ether oxygens (including phenoxy) is 1. The highest BCUT2D eigenvalue weighted by Crippen LogP contribution is 2.29. The van der Waals surface area contributed by atoms with Gasteiger partial charge in [-0.25, -0.2) is 4.39 Å². The number of nitrogens with one attached hydrogen (secondary N) is 2. The van der Waals surface area contributed by atoms with Crippen molar-refractivity contribution in [1.82, 2.24) is 10.6 Å². The molecule has 3 N–H and O–H groups in total. The molecule has 0 amide bonds. The zero-order chi connectivity index (χ0) is 15.9. The Morgan fingerprint density at radius 3 is 3.09 bits per heavy atom. The Morgan fingerprint density at radius 1 is 1.55 bits per heavy atom. The molecule has 1 heterocycles. The molecule has 0 radical (unpaired) electrons. The van der Waals surface area contributed by atoms with E-state index in [-0.39, 0.29) is 29.4 Å². The van der Waals surface area contributed by atoms with E-state index in [4.69, 9.17) is 21.4 Å². The van der Waals surface area contributed by atoms with Gasteiger partial charge in [0.1, 0.15) is 12.4 Å². The van der Waals surface area contributed by atoms with Gasteiger partial charge in [-0.15, -0.1) is 0 Å². The van der Waals surface area contributed by atoms with Gasteiger partial charge in [-0.1, -0.05) is 17.7 Å². The molecule has 22 heavy (non-hydrogen) atoms. The SMILES string of the molecule is O=C(CO)CNCC1CNCCOC1c1ccc(Cl)c(F)c1. The molecule has 2 rings (SSSR count). The van der Waals surface area contributed by atoms with E-state index in [9.17, 15) is 9.18 Å². The summed E-state index contributed by atoms with van der Waals surface area (Å²) in [7, 11) is 0. The number of halogens is 2. The summed E-state index contributed by atoms with van der Waals surface area (Å²) in [5.41, 5.74) is 0.728. The summed E-state index contributed by atoms with van der Waals surface area (Å²) in [6.45, 7) is 2.09. The minimum absolute atomic E-state index is 0.0366. The highest BCUT2D eigenvalue weighted by molar-refractivity contribution is 6.30. The second kappa shape index (κ2) is 8.55. The molecule has 2 unspecified atom stereocenters. The maximum atomic E-state index is 13.7. The van der Waals surface area contributed by atoms with Crippen molar-refractivity contribution in [2.75, 3.05) is 39.4 Å². The number of aliphatic hydroxyl groups excluding tert-OH is 1. The van der Waals surface area contributed by atoms with Crippen LogP contribution in [0.5, 0.6) is 0 Å². The maximum absolute atomic E-state index is 13.7. The lowest BCUT2D eigenvalue weighted by atomic mass is 9.95. The Hall–Kier alpha value is -1.05. The van der Waals surface area contributed by atoms with Crippen LogP contribution in [0, 0.1) is 11.7 Å². The Morgan fingerprint density at radius 2 is 2.36 bits per heavy atom. The second-order valence-electron chi connectivity index (χ2n) is 5.26. The number of carbonyl (C=O) groups excluding carboxylic acids is 1. The van der Waals surface area contributed by atoms with Crippen LogP contribution < -0.4 is 10.6 Å². The summed E-state index contributed by atoms with van der Waals surface area (Å²) in [4.78, 5) is 11.1. The van der Waals surface area contributed by atoms with Crippen LogP contribution in [-0.4, -0.2) is 50.3 Å². The van der Waals surface area contributed by atoms with E-state index < -0.39 is 12.4 Å². The number of rotatable bonds is 6. The molecule has 2 atom stereocenters. The van der Waals surface area contributed by atoms with Gasteiger partial charge in [0.05, 0.1) is 24.3 Å². The number of benzene rings is 1. The quantitative estimate of drug-likeness (QED) is 0.723. The Kier molecular flexibility index (Phi) is 6.72. The van der Waals surface area contributed by atoms with Crippen molar-refractivity contribution in [1.29, 1.82) is 0 Å². The third kappa shape index (κ3) is 4.72. The van der Waals surface area contributed by atoms with Gasteiger partial charge in [0.25, 0.3) is 0 Å². The highest BCUT2D eigenvalue weighted by Gasteiger charge is 2.26.